The molecule has 0 radical (unpaired) electrons. The first kappa shape index (κ1) is 15.0. The molecule has 7 nitrogen and oxygen atoms in total. The minimum absolute atomic E-state index is 0.278. The van der Waals surface area contributed by atoms with Gasteiger partial charge in [0.05, 0.1) is 6.61 Å². The first-order chi connectivity index (χ1) is 9.64. The number of nitrogens with two attached hydrogens (primary N) is 1. The third-order valence-corrected chi connectivity index (χ3v) is 3.72. The molecule has 0 spiro atoms. The van der Waals surface area contributed by atoms with Crippen LogP contribution in [0.3, 0.4) is 0 Å². The number of rotatable bonds is 6. The molecule has 1 unspecified atom stereocenters. The largest absolute Gasteiger partial charge is 0.378 e. The second-order valence-electron chi connectivity index (χ2n) is 5.00. The zero-order chi connectivity index (χ0) is 14.6. The minimum Gasteiger partial charge on any atom is -0.378 e. The summed E-state index contributed by atoms with van der Waals surface area (Å²) in [5, 5.41) is 3.34. The van der Waals surface area contributed by atoms with Gasteiger partial charge in [-0.15, -0.1) is 0 Å². The maximum atomic E-state index is 5.60. The molecule has 1 aromatic heterocycles. The van der Waals surface area contributed by atoms with Gasteiger partial charge in [0, 0.05) is 38.7 Å². The Kier molecular flexibility index (Phi) is 4.74. The third-order valence-electron chi connectivity index (χ3n) is 3.72. The molecule has 1 atom stereocenters. The van der Waals surface area contributed by atoms with Crippen molar-refractivity contribution in [2.24, 2.45) is 5.84 Å². The SMILES string of the molecule is CCc1nc(NN)c(C)c(NCC2(OC)CCOC2)n1. The Morgan fingerprint density at radius 2 is 2.15 bits per heavy atom. The van der Waals surface area contributed by atoms with Gasteiger partial charge in [0.1, 0.15) is 23.1 Å². The first-order valence-electron chi connectivity index (χ1n) is 6.85. The number of ether oxygens (including phenoxy) is 2. The smallest absolute Gasteiger partial charge is 0.148 e. The lowest BCUT2D eigenvalue weighted by Crippen LogP contribution is -2.40. The predicted octanol–water partition coefficient (Wildman–Crippen LogP) is 0.850. The van der Waals surface area contributed by atoms with Gasteiger partial charge >= 0.3 is 0 Å². The molecular formula is C13H23N5O2. The van der Waals surface area contributed by atoms with Gasteiger partial charge in [0.25, 0.3) is 0 Å². The zero-order valence-corrected chi connectivity index (χ0v) is 12.3. The Balaban J connectivity index is 2.16. The van der Waals surface area contributed by atoms with Crippen molar-refractivity contribution < 1.29 is 9.47 Å². The topological polar surface area (TPSA) is 94.3 Å². The molecule has 4 N–H and O–H groups in total. The van der Waals surface area contributed by atoms with Crippen LogP contribution in [-0.4, -0.2) is 42.4 Å². The van der Waals surface area contributed by atoms with E-state index in [1.54, 1.807) is 7.11 Å². The van der Waals surface area contributed by atoms with E-state index in [2.05, 4.69) is 20.7 Å². The molecule has 0 bridgehead atoms. The molecule has 2 rings (SSSR count). The third kappa shape index (κ3) is 3.00. The fraction of sp³-hybridized carbons (Fsp3) is 0.692. The summed E-state index contributed by atoms with van der Waals surface area (Å²) in [6.45, 7) is 5.92. The van der Waals surface area contributed by atoms with Crippen LogP contribution in [-0.2, 0) is 15.9 Å². The minimum atomic E-state index is -0.278. The van der Waals surface area contributed by atoms with E-state index >= 15 is 0 Å². The van der Waals surface area contributed by atoms with Crippen molar-refractivity contribution >= 4 is 11.6 Å². The molecule has 2 heterocycles. The van der Waals surface area contributed by atoms with Gasteiger partial charge in [-0.3, -0.25) is 0 Å². The lowest BCUT2D eigenvalue weighted by molar-refractivity contribution is -0.00626. The van der Waals surface area contributed by atoms with Gasteiger partial charge < -0.3 is 20.2 Å². The maximum Gasteiger partial charge on any atom is 0.148 e. The molecular weight excluding hydrogens is 258 g/mol. The first-order valence-corrected chi connectivity index (χ1v) is 6.85. The number of hydrazine groups is 1. The van der Waals surface area contributed by atoms with E-state index < -0.39 is 0 Å². The van der Waals surface area contributed by atoms with Crippen LogP contribution in [0.4, 0.5) is 11.6 Å². The van der Waals surface area contributed by atoms with Crippen molar-refractivity contribution in [3.8, 4) is 0 Å². The number of nitrogen functional groups attached to an aromatic ring is 1. The van der Waals surface area contributed by atoms with Gasteiger partial charge in [-0.2, -0.15) is 0 Å². The van der Waals surface area contributed by atoms with Crippen LogP contribution >= 0.6 is 0 Å². The highest BCUT2D eigenvalue weighted by Crippen LogP contribution is 2.25. The van der Waals surface area contributed by atoms with Crippen LogP contribution < -0.4 is 16.6 Å². The molecule has 112 valence electrons. The molecule has 20 heavy (non-hydrogen) atoms. The Morgan fingerprint density at radius 3 is 2.70 bits per heavy atom. The summed E-state index contributed by atoms with van der Waals surface area (Å²) in [4.78, 5) is 8.86. The van der Waals surface area contributed by atoms with Crippen molar-refractivity contribution in [1.82, 2.24) is 9.97 Å². The monoisotopic (exact) mass is 281 g/mol. The normalized spacial score (nSPS) is 22.0. The number of methoxy groups -OCH3 is 1. The molecule has 0 amide bonds. The van der Waals surface area contributed by atoms with Crippen molar-refractivity contribution in [3.05, 3.63) is 11.4 Å². The Labute approximate surface area is 119 Å². The summed E-state index contributed by atoms with van der Waals surface area (Å²) in [5.41, 5.74) is 3.24. The lowest BCUT2D eigenvalue weighted by atomic mass is 10.0. The molecule has 0 aliphatic carbocycles. The van der Waals surface area contributed by atoms with Gasteiger partial charge in [0.2, 0.25) is 0 Å². The zero-order valence-electron chi connectivity index (χ0n) is 12.3. The van der Waals surface area contributed by atoms with Crippen molar-refractivity contribution in [1.29, 1.82) is 0 Å². The summed E-state index contributed by atoms with van der Waals surface area (Å²) in [6.07, 6.45) is 1.63. The maximum absolute atomic E-state index is 5.60. The van der Waals surface area contributed by atoms with E-state index in [4.69, 9.17) is 15.3 Å². The van der Waals surface area contributed by atoms with Crippen LogP contribution in [0.2, 0.25) is 0 Å². The lowest BCUT2D eigenvalue weighted by Gasteiger charge is -2.26. The quantitative estimate of drug-likeness (QED) is 0.525. The molecule has 1 aliphatic heterocycles. The number of aryl methyl sites for hydroxylation is 1. The fourth-order valence-corrected chi connectivity index (χ4v) is 2.24. The molecule has 0 aromatic carbocycles. The Hall–Kier alpha value is -1.44. The van der Waals surface area contributed by atoms with Crippen molar-refractivity contribution in [3.63, 3.8) is 0 Å². The van der Waals surface area contributed by atoms with Gasteiger partial charge in [-0.05, 0) is 6.92 Å². The van der Waals surface area contributed by atoms with E-state index in [9.17, 15) is 0 Å². The highest BCUT2D eigenvalue weighted by Gasteiger charge is 2.35. The highest BCUT2D eigenvalue weighted by atomic mass is 16.5. The number of aromatic nitrogens is 2. The van der Waals surface area contributed by atoms with Crippen LogP contribution in [0.15, 0.2) is 0 Å². The number of nitrogens with zero attached hydrogens (tertiary/aromatic N) is 2. The van der Waals surface area contributed by atoms with Gasteiger partial charge in [0.15, 0.2) is 0 Å². The molecule has 1 saturated heterocycles. The summed E-state index contributed by atoms with van der Waals surface area (Å²) in [7, 11) is 1.72. The molecule has 1 aromatic rings. The second kappa shape index (κ2) is 6.34. The number of hydrogen-bond donors (Lipinski definition) is 3. The fourth-order valence-electron chi connectivity index (χ4n) is 2.24. The van der Waals surface area contributed by atoms with E-state index in [1.807, 2.05) is 13.8 Å². The van der Waals surface area contributed by atoms with Gasteiger partial charge in [-0.25, -0.2) is 15.8 Å². The standard InChI is InChI=1S/C13H23N5O2/c1-4-10-16-11(9(2)12(17-10)18-14)15-7-13(19-3)5-6-20-8-13/h4-8,14H2,1-3H3,(H2,15,16,17,18). The molecule has 0 saturated carbocycles. The number of hydrogen-bond acceptors (Lipinski definition) is 7. The van der Waals surface area contributed by atoms with Gasteiger partial charge in [-0.1, -0.05) is 6.92 Å². The van der Waals surface area contributed by atoms with E-state index in [1.165, 1.54) is 0 Å². The van der Waals surface area contributed by atoms with E-state index in [0.717, 1.165) is 36.7 Å². The van der Waals surface area contributed by atoms with Crippen LogP contribution in [0.1, 0.15) is 24.7 Å². The predicted molar refractivity (Wildman–Crippen MR) is 77.6 cm³/mol. The van der Waals surface area contributed by atoms with Crippen LogP contribution in [0, 0.1) is 6.92 Å². The summed E-state index contributed by atoms with van der Waals surface area (Å²) >= 11 is 0. The van der Waals surface area contributed by atoms with E-state index in [0.29, 0.717) is 19.0 Å². The average molecular weight is 281 g/mol. The summed E-state index contributed by atoms with van der Waals surface area (Å²) in [6, 6.07) is 0. The summed E-state index contributed by atoms with van der Waals surface area (Å²) < 4.78 is 11.0. The van der Waals surface area contributed by atoms with Crippen LogP contribution in [0.5, 0.6) is 0 Å². The van der Waals surface area contributed by atoms with Crippen molar-refractivity contribution in [2.45, 2.75) is 32.3 Å². The molecule has 1 aliphatic rings. The highest BCUT2D eigenvalue weighted by molar-refractivity contribution is 5.56. The van der Waals surface area contributed by atoms with E-state index in [-0.39, 0.29) is 5.60 Å². The number of anilines is 2. The average Bonchev–Trinajstić information content (AvgIpc) is 2.95. The Morgan fingerprint density at radius 1 is 1.40 bits per heavy atom. The summed E-state index contributed by atoms with van der Waals surface area (Å²) in [5.74, 6) is 7.68. The molecule has 7 heteroatoms. The second-order valence-corrected chi connectivity index (χ2v) is 5.00. The number of nitrogens with one attached hydrogen (secondary N) is 2. The van der Waals surface area contributed by atoms with Crippen LogP contribution in [0.25, 0.3) is 0 Å². The Bertz CT molecular complexity index is 460. The molecule has 1 fully saturated rings. The van der Waals surface area contributed by atoms with Crippen molar-refractivity contribution in [2.75, 3.05) is 37.6 Å².